The van der Waals surface area contributed by atoms with Crippen LogP contribution in [0.5, 0.6) is 23.0 Å². The van der Waals surface area contributed by atoms with Crippen LogP contribution in [0.15, 0.2) is 34.1 Å². The first-order valence-corrected chi connectivity index (χ1v) is 6.93. The molecule has 0 bridgehead atoms. The molecule has 0 saturated heterocycles. The Labute approximate surface area is 118 Å². The van der Waals surface area contributed by atoms with Gasteiger partial charge in [0.05, 0.1) is 0 Å². The van der Waals surface area contributed by atoms with Crippen molar-refractivity contribution < 1.29 is 25.0 Å². The number of aryl methyl sites for hydroxylation is 2. The number of aromatic hydroxyl groups is 4. The predicted octanol–water partition coefficient (Wildman–Crippen LogP) is 2.29. The van der Waals surface area contributed by atoms with Gasteiger partial charge in [0.2, 0.25) is 9.79 Å². The summed E-state index contributed by atoms with van der Waals surface area (Å²) in [7, 11) is 0. The molecule has 2 aromatic carbocycles. The molecule has 0 saturated carbocycles. The normalized spacial score (nSPS) is 11.0. The third-order valence-electron chi connectivity index (χ3n) is 2.85. The molecule has 5 nitrogen and oxygen atoms in total. The van der Waals surface area contributed by atoms with Gasteiger partial charge in [-0.15, -0.1) is 0 Å². The molecule has 0 unspecified atom stereocenters. The van der Waals surface area contributed by atoms with Gasteiger partial charge in [0, 0.05) is 34.4 Å². The fourth-order valence-corrected chi connectivity index (χ4v) is 3.46. The molecule has 0 heterocycles. The van der Waals surface area contributed by atoms with Crippen molar-refractivity contribution in [2.45, 2.75) is 23.6 Å². The highest BCUT2D eigenvalue weighted by Gasteiger charge is 2.28. The summed E-state index contributed by atoms with van der Waals surface area (Å²) < 4.78 is 12.6. The Morgan fingerprint density at radius 2 is 1.10 bits per heavy atom. The highest BCUT2D eigenvalue weighted by atomic mass is 32.2. The van der Waals surface area contributed by atoms with Gasteiger partial charge in [-0.2, -0.15) is 0 Å². The van der Waals surface area contributed by atoms with E-state index >= 15 is 0 Å². The molecule has 20 heavy (non-hydrogen) atoms. The molecule has 0 aliphatic heterocycles. The van der Waals surface area contributed by atoms with E-state index in [1.807, 2.05) is 0 Å². The molecule has 4 N–H and O–H groups in total. The van der Waals surface area contributed by atoms with Crippen molar-refractivity contribution in [2.24, 2.45) is 0 Å². The van der Waals surface area contributed by atoms with Crippen molar-refractivity contribution in [3.63, 3.8) is 0 Å². The zero-order chi connectivity index (χ0) is 15.0. The Morgan fingerprint density at radius 3 is 1.40 bits per heavy atom. The first-order valence-electron chi connectivity index (χ1n) is 5.78. The molecule has 2 aromatic rings. The summed E-state index contributed by atoms with van der Waals surface area (Å²) in [6, 6.07) is 4.93. The number of hydrogen-bond acceptors (Lipinski definition) is 5. The van der Waals surface area contributed by atoms with Crippen molar-refractivity contribution in [3.05, 3.63) is 35.4 Å². The molecular formula is C14H14O5S. The molecule has 0 fully saturated rings. The number of benzene rings is 2. The summed E-state index contributed by atoms with van der Waals surface area (Å²) >= 11 is -1.83. The summed E-state index contributed by atoms with van der Waals surface area (Å²) in [6.07, 6.45) is 0. The third kappa shape index (κ3) is 2.48. The fraction of sp³-hybridized carbons (Fsp3) is 0.143. The number of rotatable bonds is 2. The van der Waals surface area contributed by atoms with E-state index in [2.05, 4.69) is 0 Å². The van der Waals surface area contributed by atoms with Crippen molar-refractivity contribution in [3.8, 4) is 23.0 Å². The van der Waals surface area contributed by atoms with Crippen LogP contribution >= 0.6 is 0 Å². The molecule has 106 valence electrons. The number of phenolic OH excluding ortho intramolecular Hbond substituents is 4. The molecule has 0 atom stereocenters. The first-order chi connectivity index (χ1) is 9.31. The minimum absolute atomic E-state index is 0.117. The van der Waals surface area contributed by atoms with Gasteiger partial charge in [-0.3, -0.25) is 0 Å². The molecule has 2 rings (SSSR count). The van der Waals surface area contributed by atoms with Gasteiger partial charge >= 0.3 is 0 Å². The molecule has 0 aliphatic carbocycles. The van der Waals surface area contributed by atoms with Crippen molar-refractivity contribution >= 4 is 11.2 Å². The standard InChI is InChI=1S/C14H14O5S/c1-7-3-9(15)5-11(17)13(7)20(19)14-8(2)4-10(16)6-12(14)18/h3-6,15-18H,1-2H3. The lowest BCUT2D eigenvalue weighted by Crippen LogP contribution is -2.07. The van der Waals surface area contributed by atoms with Crippen LogP contribution in [0.3, 0.4) is 0 Å². The van der Waals surface area contributed by atoms with Crippen LogP contribution in [-0.2, 0) is 11.2 Å². The second-order valence-electron chi connectivity index (χ2n) is 4.49. The monoisotopic (exact) mass is 294 g/mol. The molecule has 6 heteroatoms. The molecule has 0 aliphatic rings. The summed E-state index contributed by atoms with van der Waals surface area (Å²) in [4.78, 5) is 0.235. The highest BCUT2D eigenvalue weighted by molar-refractivity contribution is 7.91. The van der Waals surface area contributed by atoms with E-state index in [-0.39, 0.29) is 32.8 Å². The minimum Gasteiger partial charge on any atom is -0.606 e. The maximum absolute atomic E-state index is 12.6. The first kappa shape index (κ1) is 14.4. The van der Waals surface area contributed by atoms with Crippen molar-refractivity contribution in [1.29, 1.82) is 0 Å². The quantitative estimate of drug-likeness (QED) is 0.636. The van der Waals surface area contributed by atoms with E-state index in [0.29, 0.717) is 11.1 Å². The molecule has 0 aromatic heterocycles. The summed E-state index contributed by atoms with van der Waals surface area (Å²) in [6.45, 7) is 3.19. The Kier molecular flexibility index (Phi) is 3.69. The molecular weight excluding hydrogens is 280 g/mol. The van der Waals surface area contributed by atoms with E-state index in [4.69, 9.17) is 0 Å². The van der Waals surface area contributed by atoms with Crippen LogP contribution in [-0.4, -0.2) is 25.0 Å². The van der Waals surface area contributed by atoms with E-state index in [0.717, 1.165) is 12.1 Å². The second-order valence-corrected chi connectivity index (χ2v) is 5.84. The van der Waals surface area contributed by atoms with Gasteiger partial charge in [-0.1, -0.05) is 0 Å². The minimum atomic E-state index is -1.83. The van der Waals surface area contributed by atoms with Crippen LogP contribution in [0.2, 0.25) is 0 Å². The lowest BCUT2D eigenvalue weighted by Gasteiger charge is -2.16. The zero-order valence-electron chi connectivity index (χ0n) is 10.9. The van der Waals surface area contributed by atoms with E-state index in [1.54, 1.807) is 13.8 Å². The average Bonchev–Trinajstić information content (AvgIpc) is 2.25. The van der Waals surface area contributed by atoms with E-state index < -0.39 is 11.2 Å². The van der Waals surface area contributed by atoms with Crippen LogP contribution in [0.25, 0.3) is 0 Å². The lowest BCUT2D eigenvalue weighted by molar-refractivity contribution is 0.434. The van der Waals surface area contributed by atoms with Crippen LogP contribution in [0, 0.1) is 13.8 Å². The van der Waals surface area contributed by atoms with Gasteiger partial charge in [0.1, 0.15) is 11.5 Å². The maximum Gasteiger partial charge on any atom is 0.203 e. The summed E-state index contributed by atoms with van der Waals surface area (Å²) in [5, 5.41) is 38.5. The topological polar surface area (TPSA) is 104 Å². The Bertz CT molecular complexity index is 565. The zero-order valence-corrected chi connectivity index (χ0v) is 11.7. The second kappa shape index (κ2) is 5.15. The third-order valence-corrected chi connectivity index (χ3v) is 4.65. The Morgan fingerprint density at radius 1 is 0.750 bits per heavy atom. The molecule has 0 amide bonds. The number of hydrogen-bond donors (Lipinski definition) is 4. The van der Waals surface area contributed by atoms with Crippen LogP contribution in [0.4, 0.5) is 0 Å². The van der Waals surface area contributed by atoms with E-state index in [9.17, 15) is 25.0 Å². The predicted molar refractivity (Wildman–Crippen MR) is 73.7 cm³/mol. The van der Waals surface area contributed by atoms with Gasteiger partial charge < -0.3 is 25.0 Å². The van der Waals surface area contributed by atoms with E-state index in [1.165, 1.54) is 12.1 Å². The van der Waals surface area contributed by atoms with Gasteiger partial charge in [0.25, 0.3) is 0 Å². The summed E-state index contributed by atoms with van der Waals surface area (Å²) in [5.74, 6) is -0.889. The van der Waals surface area contributed by atoms with Gasteiger partial charge in [-0.05, 0) is 26.0 Å². The fourth-order valence-electron chi connectivity index (χ4n) is 2.06. The smallest absolute Gasteiger partial charge is 0.203 e. The number of phenols is 4. The van der Waals surface area contributed by atoms with Crippen molar-refractivity contribution in [2.75, 3.05) is 0 Å². The summed E-state index contributed by atoms with van der Waals surface area (Å²) in [5.41, 5.74) is 0.875. The largest absolute Gasteiger partial charge is 0.606 e. The van der Waals surface area contributed by atoms with Crippen molar-refractivity contribution in [1.82, 2.24) is 0 Å². The SMILES string of the molecule is Cc1cc(O)cc(O)c1[S+]([O-])c1c(C)cc(O)cc1O. The van der Waals surface area contributed by atoms with Gasteiger partial charge in [0.15, 0.2) is 11.5 Å². The average molecular weight is 294 g/mol. The molecule has 0 radical (unpaired) electrons. The van der Waals surface area contributed by atoms with Crippen LogP contribution in [0.1, 0.15) is 11.1 Å². The van der Waals surface area contributed by atoms with Crippen LogP contribution < -0.4 is 0 Å². The molecule has 0 spiro atoms. The Hall–Kier alpha value is -2.05. The maximum atomic E-state index is 12.6. The highest BCUT2D eigenvalue weighted by Crippen LogP contribution is 2.40. The Balaban J connectivity index is 2.61. The van der Waals surface area contributed by atoms with Gasteiger partial charge in [-0.25, -0.2) is 0 Å². The lowest BCUT2D eigenvalue weighted by atomic mass is 10.2.